The van der Waals surface area contributed by atoms with E-state index in [1.807, 2.05) is 0 Å². The SMILES string of the molecule is Cc1ccc(CC(NN)C2(N(C)C)CCC(C)CC2)cc1. The van der Waals surface area contributed by atoms with E-state index in [-0.39, 0.29) is 5.54 Å². The Morgan fingerprint density at radius 3 is 2.29 bits per heavy atom. The molecule has 3 nitrogen and oxygen atoms in total. The molecule has 1 unspecified atom stereocenters. The molecule has 0 aromatic heterocycles. The van der Waals surface area contributed by atoms with Crippen molar-refractivity contribution in [3.05, 3.63) is 35.4 Å². The number of hydrogen-bond acceptors (Lipinski definition) is 3. The fourth-order valence-electron chi connectivity index (χ4n) is 3.73. The van der Waals surface area contributed by atoms with E-state index >= 15 is 0 Å². The molecule has 0 radical (unpaired) electrons. The van der Waals surface area contributed by atoms with Crippen LogP contribution < -0.4 is 11.3 Å². The third-order valence-electron chi connectivity index (χ3n) is 5.44. The average molecular weight is 289 g/mol. The summed E-state index contributed by atoms with van der Waals surface area (Å²) in [6, 6.07) is 9.13. The number of nitrogens with two attached hydrogens (primary N) is 1. The van der Waals surface area contributed by atoms with Gasteiger partial charge >= 0.3 is 0 Å². The van der Waals surface area contributed by atoms with Gasteiger partial charge < -0.3 is 4.90 Å². The molecule has 0 spiro atoms. The first-order valence-electron chi connectivity index (χ1n) is 8.17. The monoisotopic (exact) mass is 289 g/mol. The summed E-state index contributed by atoms with van der Waals surface area (Å²) < 4.78 is 0. The summed E-state index contributed by atoms with van der Waals surface area (Å²) in [6.45, 7) is 4.50. The van der Waals surface area contributed by atoms with E-state index in [2.05, 4.69) is 62.5 Å². The summed E-state index contributed by atoms with van der Waals surface area (Å²) in [7, 11) is 4.41. The number of hydrazine groups is 1. The Kier molecular flexibility index (Phi) is 5.42. The third kappa shape index (κ3) is 3.65. The van der Waals surface area contributed by atoms with Crippen LogP contribution in [0.4, 0.5) is 0 Å². The second-order valence-corrected chi connectivity index (χ2v) is 7.09. The van der Waals surface area contributed by atoms with Crippen molar-refractivity contribution < 1.29 is 0 Å². The zero-order valence-electron chi connectivity index (χ0n) is 14.0. The van der Waals surface area contributed by atoms with Gasteiger partial charge in [0.25, 0.3) is 0 Å². The molecule has 118 valence electrons. The molecule has 0 amide bonds. The van der Waals surface area contributed by atoms with Crippen LogP contribution in [0.5, 0.6) is 0 Å². The number of nitrogens with zero attached hydrogens (tertiary/aromatic N) is 1. The highest BCUT2D eigenvalue weighted by atomic mass is 15.3. The topological polar surface area (TPSA) is 41.3 Å². The Morgan fingerprint density at radius 1 is 1.24 bits per heavy atom. The van der Waals surface area contributed by atoms with Crippen LogP contribution in [0.15, 0.2) is 24.3 Å². The molecule has 1 aromatic carbocycles. The van der Waals surface area contributed by atoms with Crippen molar-refractivity contribution in [2.45, 2.75) is 57.5 Å². The second kappa shape index (κ2) is 6.91. The van der Waals surface area contributed by atoms with Gasteiger partial charge in [-0.3, -0.25) is 11.3 Å². The number of benzene rings is 1. The molecule has 0 aliphatic heterocycles. The number of nitrogens with one attached hydrogen (secondary N) is 1. The summed E-state index contributed by atoms with van der Waals surface area (Å²) in [5, 5.41) is 0. The molecule has 0 bridgehead atoms. The number of hydrogen-bond donors (Lipinski definition) is 2. The van der Waals surface area contributed by atoms with E-state index in [1.165, 1.54) is 36.8 Å². The van der Waals surface area contributed by atoms with Gasteiger partial charge in [0.2, 0.25) is 0 Å². The van der Waals surface area contributed by atoms with Crippen LogP contribution in [0.2, 0.25) is 0 Å². The molecule has 1 aliphatic rings. The molecule has 1 aromatic rings. The molecule has 0 heterocycles. The van der Waals surface area contributed by atoms with Gasteiger partial charge in [-0.1, -0.05) is 36.8 Å². The smallest absolute Gasteiger partial charge is 0.0434 e. The molecule has 3 heteroatoms. The number of aryl methyl sites for hydroxylation is 1. The van der Waals surface area contributed by atoms with E-state index in [0.717, 1.165) is 12.3 Å². The minimum absolute atomic E-state index is 0.173. The summed E-state index contributed by atoms with van der Waals surface area (Å²) in [4.78, 5) is 2.40. The summed E-state index contributed by atoms with van der Waals surface area (Å²) in [5.41, 5.74) is 5.98. The van der Waals surface area contributed by atoms with Gasteiger partial charge in [-0.25, -0.2) is 0 Å². The molecular formula is C18H31N3. The Balaban J connectivity index is 2.18. The predicted molar refractivity (Wildman–Crippen MR) is 90.0 cm³/mol. The van der Waals surface area contributed by atoms with Crippen LogP contribution in [0.25, 0.3) is 0 Å². The minimum atomic E-state index is 0.173. The standard InChI is InChI=1S/C18H31N3/c1-14-5-7-16(8-6-14)13-17(20-19)18(21(3)4)11-9-15(2)10-12-18/h5-8,15,17,20H,9-13,19H2,1-4H3. The largest absolute Gasteiger partial charge is 0.302 e. The van der Waals surface area contributed by atoms with Crippen LogP contribution in [0, 0.1) is 12.8 Å². The maximum atomic E-state index is 5.96. The highest BCUT2D eigenvalue weighted by Crippen LogP contribution is 2.38. The van der Waals surface area contributed by atoms with Crippen LogP contribution >= 0.6 is 0 Å². The minimum Gasteiger partial charge on any atom is -0.302 e. The first kappa shape index (κ1) is 16.5. The van der Waals surface area contributed by atoms with E-state index < -0.39 is 0 Å². The molecule has 2 rings (SSSR count). The fraction of sp³-hybridized carbons (Fsp3) is 0.667. The molecule has 1 atom stereocenters. The Labute approximate surface area is 129 Å². The second-order valence-electron chi connectivity index (χ2n) is 7.09. The lowest BCUT2D eigenvalue weighted by atomic mass is 9.71. The Bertz CT molecular complexity index is 430. The first-order chi connectivity index (χ1) is 9.98. The van der Waals surface area contributed by atoms with Crippen molar-refractivity contribution in [1.82, 2.24) is 10.3 Å². The highest BCUT2D eigenvalue weighted by Gasteiger charge is 2.42. The summed E-state index contributed by atoms with van der Waals surface area (Å²) in [5.74, 6) is 6.81. The van der Waals surface area contributed by atoms with Gasteiger partial charge in [-0.2, -0.15) is 0 Å². The van der Waals surface area contributed by atoms with Gasteiger partial charge in [0.1, 0.15) is 0 Å². The molecule has 21 heavy (non-hydrogen) atoms. The van der Waals surface area contributed by atoms with Crippen molar-refractivity contribution in [1.29, 1.82) is 0 Å². The Morgan fingerprint density at radius 2 is 1.81 bits per heavy atom. The molecule has 1 saturated carbocycles. The normalized spacial score (nSPS) is 27.8. The summed E-state index contributed by atoms with van der Waals surface area (Å²) >= 11 is 0. The van der Waals surface area contributed by atoms with E-state index in [4.69, 9.17) is 5.84 Å². The zero-order chi connectivity index (χ0) is 15.5. The van der Waals surface area contributed by atoms with Crippen molar-refractivity contribution >= 4 is 0 Å². The van der Waals surface area contributed by atoms with Crippen molar-refractivity contribution in [2.24, 2.45) is 11.8 Å². The van der Waals surface area contributed by atoms with Crippen LogP contribution in [-0.2, 0) is 6.42 Å². The molecule has 0 saturated heterocycles. The lowest BCUT2D eigenvalue weighted by molar-refractivity contribution is 0.0434. The van der Waals surface area contributed by atoms with E-state index in [9.17, 15) is 0 Å². The van der Waals surface area contributed by atoms with E-state index in [1.54, 1.807) is 0 Å². The van der Waals surface area contributed by atoms with Crippen LogP contribution in [0.1, 0.15) is 43.7 Å². The van der Waals surface area contributed by atoms with Gasteiger partial charge in [-0.15, -0.1) is 0 Å². The predicted octanol–water partition coefficient (Wildman–Crippen LogP) is 2.88. The zero-order valence-corrected chi connectivity index (χ0v) is 14.0. The molecule has 3 N–H and O–H groups in total. The third-order valence-corrected chi connectivity index (χ3v) is 5.44. The number of rotatable bonds is 5. The van der Waals surface area contributed by atoms with Gasteiger partial charge in [0, 0.05) is 11.6 Å². The maximum absolute atomic E-state index is 5.96. The first-order valence-corrected chi connectivity index (χ1v) is 8.17. The van der Waals surface area contributed by atoms with Crippen molar-refractivity contribution in [3.8, 4) is 0 Å². The van der Waals surface area contributed by atoms with Crippen molar-refractivity contribution in [3.63, 3.8) is 0 Å². The lowest BCUT2D eigenvalue weighted by Crippen LogP contribution is -2.62. The van der Waals surface area contributed by atoms with Gasteiger partial charge in [0.15, 0.2) is 0 Å². The molecular weight excluding hydrogens is 258 g/mol. The summed E-state index contributed by atoms with van der Waals surface area (Å²) in [6.07, 6.45) is 6.03. The average Bonchev–Trinajstić information content (AvgIpc) is 2.48. The lowest BCUT2D eigenvalue weighted by Gasteiger charge is -2.49. The Hall–Kier alpha value is -0.900. The maximum Gasteiger partial charge on any atom is 0.0434 e. The van der Waals surface area contributed by atoms with Crippen LogP contribution in [-0.4, -0.2) is 30.6 Å². The van der Waals surface area contributed by atoms with Crippen molar-refractivity contribution in [2.75, 3.05) is 14.1 Å². The quantitative estimate of drug-likeness (QED) is 0.647. The molecule has 1 aliphatic carbocycles. The highest BCUT2D eigenvalue weighted by molar-refractivity contribution is 5.23. The fourth-order valence-corrected chi connectivity index (χ4v) is 3.73. The van der Waals surface area contributed by atoms with E-state index in [0.29, 0.717) is 6.04 Å². The number of likely N-dealkylation sites (N-methyl/N-ethyl adjacent to an activating group) is 1. The van der Waals surface area contributed by atoms with Gasteiger partial charge in [-0.05, 0) is 64.6 Å². The van der Waals surface area contributed by atoms with Crippen LogP contribution in [0.3, 0.4) is 0 Å². The van der Waals surface area contributed by atoms with Gasteiger partial charge in [0.05, 0.1) is 0 Å². The molecule has 1 fully saturated rings.